The highest BCUT2D eigenvalue weighted by Crippen LogP contribution is 2.34. The average molecular weight is 300 g/mol. The van der Waals surface area contributed by atoms with Crippen LogP contribution in [0.5, 0.6) is 5.75 Å². The summed E-state index contributed by atoms with van der Waals surface area (Å²) in [7, 11) is -3.82. The number of anilines is 1. The lowest BCUT2D eigenvalue weighted by Gasteiger charge is -2.34. The first kappa shape index (κ1) is 14.6. The lowest BCUT2D eigenvalue weighted by molar-refractivity contribution is -0.144. The summed E-state index contributed by atoms with van der Waals surface area (Å²) in [6, 6.07) is 6.15. The first-order valence-electron chi connectivity index (χ1n) is 6.10. The minimum atomic E-state index is -3.82. The second kappa shape index (κ2) is 5.29. The zero-order valence-corrected chi connectivity index (χ0v) is 11.9. The summed E-state index contributed by atoms with van der Waals surface area (Å²) in [5.74, 6) is -0.968. The molecular weight excluding hydrogens is 284 g/mol. The number of hydrogen-bond acceptors (Lipinski definition) is 4. The van der Waals surface area contributed by atoms with Crippen molar-refractivity contribution in [3.8, 4) is 5.75 Å². The van der Waals surface area contributed by atoms with Gasteiger partial charge in [-0.05, 0) is 26.0 Å². The summed E-state index contributed by atoms with van der Waals surface area (Å²) >= 11 is 0. The van der Waals surface area contributed by atoms with Crippen LogP contribution in [0.3, 0.4) is 0 Å². The largest absolute Gasteiger partial charge is 0.478 e. The van der Waals surface area contributed by atoms with Crippen LogP contribution < -0.4 is 13.8 Å². The Morgan fingerprint density at radius 2 is 2.10 bits per heavy atom. The van der Waals surface area contributed by atoms with Crippen LogP contribution in [0.25, 0.3) is 0 Å². The van der Waals surface area contributed by atoms with Crippen LogP contribution in [-0.4, -0.2) is 38.2 Å². The maximum absolute atomic E-state index is 12.3. The van der Waals surface area contributed by atoms with Gasteiger partial charge in [-0.1, -0.05) is 12.1 Å². The Morgan fingerprint density at radius 1 is 1.45 bits per heavy atom. The zero-order chi connectivity index (χ0) is 14.9. The number of hydrogen-bond donors (Lipinski definition) is 2. The lowest BCUT2D eigenvalue weighted by Crippen LogP contribution is -2.51. The molecule has 1 aliphatic heterocycles. The summed E-state index contributed by atoms with van der Waals surface area (Å²) in [6.45, 7) is 3.12. The van der Waals surface area contributed by atoms with Crippen LogP contribution in [0.1, 0.15) is 13.8 Å². The number of benzene rings is 1. The number of carbonyl (C=O) groups is 1. The monoisotopic (exact) mass is 300 g/mol. The molecule has 7 nitrogen and oxygen atoms in total. The molecule has 1 aromatic carbocycles. The molecule has 2 rings (SSSR count). The minimum Gasteiger partial charge on any atom is -0.478 e. The summed E-state index contributed by atoms with van der Waals surface area (Å²) in [5.41, 5.74) is 0.332. The van der Waals surface area contributed by atoms with Gasteiger partial charge in [-0.25, -0.2) is 9.10 Å². The van der Waals surface area contributed by atoms with Crippen molar-refractivity contribution in [2.75, 3.05) is 10.8 Å². The van der Waals surface area contributed by atoms with Crippen molar-refractivity contribution in [1.29, 1.82) is 0 Å². The fourth-order valence-electron chi connectivity index (χ4n) is 1.92. The predicted octanol–water partition coefficient (Wildman–Crippen LogP) is 0.581. The number of carboxylic acid groups (broad SMARTS) is 1. The van der Waals surface area contributed by atoms with Gasteiger partial charge in [0.1, 0.15) is 5.75 Å². The van der Waals surface area contributed by atoms with E-state index in [1.54, 1.807) is 38.1 Å². The summed E-state index contributed by atoms with van der Waals surface area (Å²) < 4.78 is 33.3. The molecule has 0 saturated carbocycles. The van der Waals surface area contributed by atoms with Gasteiger partial charge in [0.25, 0.3) is 0 Å². The maximum atomic E-state index is 12.3. The highest BCUT2D eigenvalue weighted by molar-refractivity contribution is 7.90. The number of nitrogens with zero attached hydrogens (tertiary/aromatic N) is 1. The van der Waals surface area contributed by atoms with E-state index in [1.165, 1.54) is 0 Å². The van der Waals surface area contributed by atoms with E-state index in [9.17, 15) is 13.2 Å². The van der Waals surface area contributed by atoms with Crippen molar-refractivity contribution in [3.63, 3.8) is 0 Å². The first-order valence-corrected chi connectivity index (χ1v) is 7.54. The molecule has 2 N–H and O–H groups in total. The Morgan fingerprint density at radius 3 is 2.70 bits per heavy atom. The molecule has 8 heteroatoms. The minimum absolute atomic E-state index is 0.236. The third-order valence-corrected chi connectivity index (χ3v) is 4.38. The average Bonchev–Trinajstić information content (AvgIpc) is 2.35. The van der Waals surface area contributed by atoms with Gasteiger partial charge >= 0.3 is 16.2 Å². The van der Waals surface area contributed by atoms with Crippen LogP contribution in [-0.2, 0) is 15.0 Å². The summed E-state index contributed by atoms with van der Waals surface area (Å²) in [5, 5.41) is 9.06. The third-order valence-electron chi connectivity index (χ3n) is 2.69. The number of para-hydroxylation sites is 2. The third kappa shape index (κ3) is 2.86. The molecule has 0 saturated heterocycles. The number of fused-ring (bicyclic) bond motifs is 1. The van der Waals surface area contributed by atoms with E-state index in [2.05, 4.69) is 4.72 Å². The second-order valence-electron chi connectivity index (χ2n) is 4.72. The van der Waals surface area contributed by atoms with Crippen molar-refractivity contribution in [3.05, 3.63) is 24.3 Å². The molecule has 0 spiro atoms. The van der Waals surface area contributed by atoms with Crippen LogP contribution in [0.15, 0.2) is 24.3 Å². The SMILES string of the molecule is CC(C)NS(=O)(=O)N1CC(C(=O)O)Oc2ccccc21. The van der Waals surface area contributed by atoms with Crippen LogP contribution >= 0.6 is 0 Å². The van der Waals surface area contributed by atoms with Gasteiger partial charge in [-0.3, -0.25) is 0 Å². The van der Waals surface area contributed by atoms with E-state index >= 15 is 0 Å². The molecular formula is C12H16N2O5S. The number of nitrogens with one attached hydrogen (secondary N) is 1. The smallest absolute Gasteiger partial charge is 0.346 e. The first-order chi connectivity index (χ1) is 9.31. The van der Waals surface area contributed by atoms with Crippen molar-refractivity contribution in [2.24, 2.45) is 0 Å². The van der Waals surface area contributed by atoms with Crippen molar-refractivity contribution in [1.82, 2.24) is 4.72 Å². The molecule has 1 aromatic rings. The number of ether oxygens (including phenoxy) is 1. The Kier molecular flexibility index (Phi) is 3.87. The van der Waals surface area contributed by atoms with Gasteiger partial charge in [-0.15, -0.1) is 0 Å². The molecule has 0 radical (unpaired) electrons. The van der Waals surface area contributed by atoms with E-state index in [1.807, 2.05) is 0 Å². The second-order valence-corrected chi connectivity index (χ2v) is 6.35. The number of carboxylic acids is 1. The van der Waals surface area contributed by atoms with Gasteiger partial charge in [0.05, 0.1) is 12.2 Å². The van der Waals surface area contributed by atoms with E-state index in [0.717, 1.165) is 4.31 Å². The van der Waals surface area contributed by atoms with Crippen molar-refractivity contribution < 1.29 is 23.1 Å². The van der Waals surface area contributed by atoms with Gasteiger partial charge in [-0.2, -0.15) is 13.1 Å². The molecule has 1 atom stereocenters. The van der Waals surface area contributed by atoms with Gasteiger partial charge < -0.3 is 9.84 Å². The molecule has 1 unspecified atom stereocenters. The molecule has 1 aliphatic rings. The molecule has 0 aliphatic carbocycles. The quantitative estimate of drug-likeness (QED) is 0.848. The van der Waals surface area contributed by atoms with Crippen molar-refractivity contribution in [2.45, 2.75) is 26.0 Å². The maximum Gasteiger partial charge on any atom is 0.346 e. The Balaban J connectivity index is 2.44. The van der Waals surface area contributed by atoms with Crippen LogP contribution in [0, 0.1) is 0 Å². The van der Waals surface area contributed by atoms with Crippen molar-refractivity contribution >= 4 is 21.9 Å². The standard InChI is InChI=1S/C12H16N2O5S/c1-8(2)13-20(17,18)14-7-11(12(15)16)19-10-6-4-3-5-9(10)14/h3-6,8,11,13H,7H2,1-2H3,(H,15,16). The topological polar surface area (TPSA) is 95.9 Å². The molecule has 0 bridgehead atoms. The van der Waals surface area contributed by atoms with Crippen LogP contribution in [0.2, 0.25) is 0 Å². The fourth-order valence-corrected chi connectivity index (χ4v) is 3.38. The van der Waals surface area contributed by atoms with Gasteiger partial charge in [0, 0.05) is 6.04 Å². The van der Waals surface area contributed by atoms with Crippen LogP contribution in [0.4, 0.5) is 5.69 Å². The van der Waals surface area contributed by atoms with Gasteiger partial charge in [0.2, 0.25) is 6.10 Å². The summed E-state index contributed by atoms with van der Waals surface area (Å²) in [6.07, 6.45) is -1.23. The highest BCUT2D eigenvalue weighted by Gasteiger charge is 2.36. The molecule has 20 heavy (non-hydrogen) atoms. The molecule has 1 heterocycles. The Hall–Kier alpha value is -1.80. The van der Waals surface area contributed by atoms with E-state index in [0.29, 0.717) is 5.69 Å². The van der Waals surface area contributed by atoms with E-state index < -0.39 is 22.3 Å². The highest BCUT2D eigenvalue weighted by atomic mass is 32.2. The number of rotatable bonds is 4. The van der Waals surface area contributed by atoms with E-state index in [4.69, 9.17) is 9.84 Å². The molecule has 0 aromatic heterocycles. The Bertz CT molecular complexity index is 614. The summed E-state index contributed by atoms with van der Waals surface area (Å²) in [4.78, 5) is 11.1. The molecule has 0 amide bonds. The fraction of sp³-hybridized carbons (Fsp3) is 0.417. The predicted molar refractivity (Wildman–Crippen MR) is 73.0 cm³/mol. The van der Waals surface area contributed by atoms with Gasteiger partial charge in [0.15, 0.2) is 0 Å². The van der Waals surface area contributed by atoms with E-state index in [-0.39, 0.29) is 18.3 Å². The molecule has 0 fully saturated rings. The number of aliphatic carboxylic acids is 1. The lowest BCUT2D eigenvalue weighted by atomic mass is 10.2. The zero-order valence-electron chi connectivity index (χ0n) is 11.1. The normalized spacial score (nSPS) is 18.6. The molecule has 110 valence electrons. The Labute approximate surface area is 117 Å².